The summed E-state index contributed by atoms with van der Waals surface area (Å²) in [6, 6.07) is 0.203. The summed E-state index contributed by atoms with van der Waals surface area (Å²) < 4.78 is 0.310. The molecule has 0 N–H and O–H groups in total. The Hall–Kier alpha value is -0.720. The lowest BCUT2D eigenvalue weighted by atomic mass is 10.2. The van der Waals surface area contributed by atoms with E-state index in [0.717, 1.165) is 31.0 Å². The Kier molecular flexibility index (Phi) is 3.41. The Morgan fingerprint density at radius 2 is 2.25 bits per heavy atom. The fraction of sp³-hybridized carbons (Fsp3) is 0.667. The smallest absolute Gasteiger partial charge is 0.285 e. The van der Waals surface area contributed by atoms with Crippen molar-refractivity contribution in [1.29, 1.82) is 0 Å². The van der Waals surface area contributed by atoms with E-state index >= 15 is 0 Å². The fourth-order valence-electron chi connectivity index (χ4n) is 1.86. The first kappa shape index (κ1) is 11.8. The monoisotopic (exact) mass is 260 g/mol. The molecule has 16 heavy (non-hydrogen) atoms. The van der Waals surface area contributed by atoms with Crippen LogP contribution in [0.5, 0.6) is 0 Å². The van der Waals surface area contributed by atoms with Gasteiger partial charge >= 0.3 is 0 Å². The van der Waals surface area contributed by atoms with E-state index < -0.39 is 0 Å². The highest BCUT2D eigenvalue weighted by Gasteiger charge is 2.28. The van der Waals surface area contributed by atoms with Crippen LogP contribution in [0.15, 0.2) is 0 Å². The molecule has 1 amide bonds. The molecule has 2 heterocycles. The van der Waals surface area contributed by atoms with Gasteiger partial charge in [-0.15, -0.1) is 10.2 Å². The van der Waals surface area contributed by atoms with Crippen molar-refractivity contribution in [2.24, 2.45) is 0 Å². The van der Waals surface area contributed by atoms with E-state index in [1.807, 2.05) is 11.8 Å². The fourth-order valence-corrected chi connectivity index (χ4v) is 2.64. The third kappa shape index (κ3) is 2.34. The molecule has 2 rings (SSSR count). The van der Waals surface area contributed by atoms with E-state index in [1.54, 1.807) is 0 Å². The second-order valence-electron chi connectivity index (χ2n) is 3.97. The van der Waals surface area contributed by atoms with Crippen molar-refractivity contribution in [3.8, 4) is 0 Å². The topological polar surface area (TPSA) is 49.3 Å². The van der Waals surface area contributed by atoms with Crippen LogP contribution < -0.4 is 0 Å². The van der Waals surface area contributed by atoms with E-state index in [0.29, 0.717) is 9.47 Å². The number of piperazine rings is 1. The number of likely N-dealkylation sites (N-methyl/N-ethyl adjacent to an activating group) is 1. The van der Waals surface area contributed by atoms with Gasteiger partial charge in [0.1, 0.15) is 0 Å². The van der Waals surface area contributed by atoms with Gasteiger partial charge in [-0.05, 0) is 25.6 Å². The Morgan fingerprint density at radius 1 is 1.50 bits per heavy atom. The lowest BCUT2D eigenvalue weighted by Gasteiger charge is -2.37. The highest BCUT2D eigenvalue weighted by molar-refractivity contribution is 7.17. The zero-order valence-corrected chi connectivity index (χ0v) is 10.8. The molecule has 0 spiro atoms. The summed E-state index contributed by atoms with van der Waals surface area (Å²) in [5.41, 5.74) is 0. The summed E-state index contributed by atoms with van der Waals surface area (Å²) in [7, 11) is 2.06. The van der Waals surface area contributed by atoms with Crippen LogP contribution in [0.1, 0.15) is 16.7 Å². The SMILES string of the molecule is CC1CN(C)CCN1C(=O)c1nnc(Cl)s1. The first-order chi connectivity index (χ1) is 7.58. The Labute approximate surface area is 103 Å². The van der Waals surface area contributed by atoms with Gasteiger partial charge in [0.25, 0.3) is 5.91 Å². The quantitative estimate of drug-likeness (QED) is 0.755. The predicted molar refractivity (Wildman–Crippen MR) is 62.9 cm³/mol. The molecule has 1 atom stereocenters. The maximum absolute atomic E-state index is 12.1. The summed E-state index contributed by atoms with van der Waals surface area (Å²) in [5.74, 6) is -0.0648. The Bertz CT molecular complexity index is 397. The molecular formula is C9H13ClN4OS. The van der Waals surface area contributed by atoms with Crippen molar-refractivity contribution < 1.29 is 4.79 Å². The van der Waals surface area contributed by atoms with Crippen LogP contribution in [-0.2, 0) is 0 Å². The molecule has 5 nitrogen and oxygen atoms in total. The number of halogens is 1. The van der Waals surface area contributed by atoms with Crippen molar-refractivity contribution in [2.75, 3.05) is 26.7 Å². The van der Waals surface area contributed by atoms with Gasteiger partial charge in [0.15, 0.2) is 0 Å². The van der Waals surface area contributed by atoms with E-state index in [2.05, 4.69) is 22.1 Å². The van der Waals surface area contributed by atoms with Crippen LogP contribution in [0.3, 0.4) is 0 Å². The summed E-state index contributed by atoms with van der Waals surface area (Å²) in [5, 5.41) is 7.80. The normalized spacial score (nSPS) is 22.4. The molecule has 1 aromatic heterocycles. The van der Waals surface area contributed by atoms with E-state index in [9.17, 15) is 4.79 Å². The molecule has 1 aliphatic heterocycles. The van der Waals surface area contributed by atoms with Gasteiger partial charge in [-0.1, -0.05) is 11.3 Å². The molecule has 0 radical (unpaired) electrons. The summed E-state index contributed by atoms with van der Waals surface area (Å²) in [4.78, 5) is 16.1. The first-order valence-electron chi connectivity index (χ1n) is 5.06. The lowest BCUT2D eigenvalue weighted by Crippen LogP contribution is -2.52. The predicted octanol–water partition coefficient (Wildman–Crippen LogP) is 0.968. The van der Waals surface area contributed by atoms with Gasteiger partial charge in [0.2, 0.25) is 9.47 Å². The highest BCUT2D eigenvalue weighted by atomic mass is 35.5. The number of carbonyl (C=O) groups is 1. The third-order valence-electron chi connectivity index (χ3n) is 2.67. The number of rotatable bonds is 1. The van der Waals surface area contributed by atoms with Crippen LogP contribution in [0.2, 0.25) is 4.47 Å². The number of hydrogen-bond acceptors (Lipinski definition) is 5. The zero-order valence-electron chi connectivity index (χ0n) is 9.18. The molecule has 1 aromatic rings. The second-order valence-corrected chi connectivity index (χ2v) is 5.53. The second kappa shape index (κ2) is 4.65. The molecule has 1 aliphatic rings. The Balaban J connectivity index is 2.10. The molecule has 1 unspecified atom stereocenters. The molecule has 0 aliphatic carbocycles. The van der Waals surface area contributed by atoms with Gasteiger partial charge in [0, 0.05) is 25.7 Å². The summed E-state index contributed by atoms with van der Waals surface area (Å²) in [6.45, 7) is 4.55. The van der Waals surface area contributed by atoms with Crippen LogP contribution in [0, 0.1) is 0 Å². The van der Waals surface area contributed by atoms with Crippen molar-refractivity contribution in [2.45, 2.75) is 13.0 Å². The van der Waals surface area contributed by atoms with Crippen molar-refractivity contribution in [3.63, 3.8) is 0 Å². The molecule has 1 saturated heterocycles. The van der Waals surface area contributed by atoms with E-state index in [4.69, 9.17) is 11.6 Å². The maximum Gasteiger partial charge on any atom is 0.285 e. The third-order valence-corrected chi connectivity index (χ3v) is 3.68. The van der Waals surface area contributed by atoms with Crippen LogP contribution in [0.25, 0.3) is 0 Å². The minimum atomic E-state index is -0.0648. The minimum Gasteiger partial charge on any atom is -0.331 e. The zero-order chi connectivity index (χ0) is 11.7. The highest BCUT2D eigenvalue weighted by Crippen LogP contribution is 2.19. The molecule has 0 aromatic carbocycles. The van der Waals surface area contributed by atoms with E-state index in [1.165, 1.54) is 0 Å². The lowest BCUT2D eigenvalue weighted by molar-refractivity contribution is 0.0532. The van der Waals surface area contributed by atoms with Gasteiger partial charge in [0.05, 0.1) is 0 Å². The van der Waals surface area contributed by atoms with Crippen LogP contribution >= 0.6 is 22.9 Å². The van der Waals surface area contributed by atoms with Gasteiger partial charge in [-0.3, -0.25) is 4.79 Å². The molecule has 7 heteroatoms. The average molecular weight is 261 g/mol. The van der Waals surface area contributed by atoms with Gasteiger partial charge < -0.3 is 9.80 Å². The minimum absolute atomic E-state index is 0.0648. The van der Waals surface area contributed by atoms with E-state index in [-0.39, 0.29) is 11.9 Å². The molecule has 1 fully saturated rings. The summed E-state index contributed by atoms with van der Waals surface area (Å²) in [6.07, 6.45) is 0. The van der Waals surface area contributed by atoms with Crippen LogP contribution in [-0.4, -0.2) is 58.6 Å². The maximum atomic E-state index is 12.1. The molecular weight excluding hydrogens is 248 g/mol. The van der Waals surface area contributed by atoms with Crippen LogP contribution in [0.4, 0.5) is 0 Å². The number of hydrogen-bond donors (Lipinski definition) is 0. The molecule has 88 valence electrons. The number of nitrogens with zero attached hydrogens (tertiary/aromatic N) is 4. The number of aromatic nitrogens is 2. The van der Waals surface area contributed by atoms with Gasteiger partial charge in [-0.25, -0.2) is 0 Å². The standard InChI is InChI=1S/C9H13ClN4OS/c1-6-5-13(2)3-4-14(6)8(15)7-11-12-9(10)16-7/h6H,3-5H2,1-2H3. The molecule has 0 bridgehead atoms. The number of amides is 1. The summed E-state index contributed by atoms with van der Waals surface area (Å²) >= 11 is 6.80. The molecule has 0 saturated carbocycles. The van der Waals surface area contributed by atoms with Crippen molar-refractivity contribution >= 4 is 28.8 Å². The Morgan fingerprint density at radius 3 is 2.81 bits per heavy atom. The average Bonchev–Trinajstić information content (AvgIpc) is 2.64. The van der Waals surface area contributed by atoms with Gasteiger partial charge in [-0.2, -0.15) is 0 Å². The van der Waals surface area contributed by atoms with Crippen molar-refractivity contribution in [1.82, 2.24) is 20.0 Å². The number of carbonyl (C=O) groups excluding carboxylic acids is 1. The largest absolute Gasteiger partial charge is 0.331 e. The first-order valence-corrected chi connectivity index (χ1v) is 6.26. The van der Waals surface area contributed by atoms with Crippen molar-refractivity contribution in [3.05, 3.63) is 9.47 Å².